The first-order valence-corrected chi connectivity index (χ1v) is 10.2. The lowest BCUT2D eigenvalue weighted by Gasteiger charge is -2.18. The summed E-state index contributed by atoms with van der Waals surface area (Å²) < 4.78 is 44.3. The summed E-state index contributed by atoms with van der Waals surface area (Å²) in [4.78, 5) is 13.6. The lowest BCUT2D eigenvalue weighted by molar-refractivity contribution is -0.137. The molecule has 0 unspecified atom stereocenters. The van der Waals surface area contributed by atoms with E-state index in [0.29, 0.717) is 5.70 Å². The SMILES string of the molecule is CCN(C)C=Nc1ccc2c(c1)CCN2C=C(COc1cccc(C(F)(F)F)c1)NOC. The number of hydrogen-bond acceptors (Lipinski definition) is 5. The van der Waals surface area contributed by atoms with Gasteiger partial charge in [-0.25, -0.2) is 4.99 Å². The molecule has 0 fully saturated rings. The minimum absolute atomic E-state index is 0.0205. The van der Waals surface area contributed by atoms with Gasteiger partial charge in [-0.15, -0.1) is 0 Å². The lowest BCUT2D eigenvalue weighted by atomic mass is 10.1. The maximum absolute atomic E-state index is 12.9. The van der Waals surface area contributed by atoms with Gasteiger partial charge >= 0.3 is 6.18 Å². The second-order valence-electron chi connectivity index (χ2n) is 7.35. The summed E-state index contributed by atoms with van der Waals surface area (Å²) >= 11 is 0. The smallest absolute Gasteiger partial charge is 0.416 e. The number of halogens is 3. The highest BCUT2D eigenvalue weighted by Crippen LogP contribution is 2.33. The summed E-state index contributed by atoms with van der Waals surface area (Å²) in [5.41, 5.74) is 5.67. The maximum Gasteiger partial charge on any atom is 0.416 e. The van der Waals surface area contributed by atoms with Gasteiger partial charge in [0.2, 0.25) is 0 Å². The zero-order valence-corrected chi connectivity index (χ0v) is 18.3. The van der Waals surface area contributed by atoms with Gasteiger partial charge in [0, 0.05) is 32.0 Å². The van der Waals surface area contributed by atoms with Crippen molar-refractivity contribution >= 4 is 17.7 Å². The predicted molar refractivity (Wildman–Crippen MR) is 119 cm³/mol. The Morgan fingerprint density at radius 3 is 2.78 bits per heavy atom. The molecule has 0 bridgehead atoms. The summed E-state index contributed by atoms with van der Waals surface area (Å²) in [6.45, 7) is 3.72. The second-order valence-corrected chi connectivity index (χ2v) is 7.35. The van der Waals surface area contributed by atoms with Crippen molar-refractivity contribution < 1.29 is 22.7 Å². The van der Waals surface area contributed by atoms with Gasteiger partial charge in [-0.3, -0.25) is 10.3 Å². The Hall–Kier alpha value is -3.20. The van der Waals surface area contributed by atoms with Crippen LogP contribution in [0.2, 0.25) is 0 Å². The van der Waals surface area contributed by atoms with E-state index in [9.17, 15) is 13.2 Å². The Morgan fingerprint density at radius 1 is 1.25 bits per heavy atom. The highest BCUT2D eigenvalue weighted by atomic mass is 19.4. The zero-order chi connectivity index (χ0) is 23.1. The second kappa shape index (κ2) is 10.4. The van der Waals surface area contributed by atoms with Crippen LogP contribution in [0.25, 0.3) is 0 Å². The first-order valence-electron chi connectivity index (χ1n) is 10.2. The minimum atomic E-state index is -4.42. The molecule has 3 rings (SSSR count). The standard InChI is InChI=1S/C23H27F3N4O2/c1-4-29(2)16-27-19-8-9-22-17(12-19)10-11-30(22)14-20(28-31-3)15-32-21-7-5-6-18(13-21)23(24,25)26/h5-9,12-14,16,28H,4,10-11,15H2,1-3H3. The van der Waals surface area contributed by atoms with E-state index in [4.69, 9.17) is 9.57 Å². The fourth-order valence-corrected chi connectivity index (χ4v) is 3.21. The molecule has 0 amide bonds. The van der Waals surface area contributed by atoms with Crippen molar-refractivity contribution in [1.82, 2.24) is 10.4 Å². The lowest BCUT2D eigenvalue weighted by Crippen LogP contribution is -2.23. The first kappa shape index (κ1) is 23.5. The Balaban J connectivity index is 1.71. The average molecular weight is 448 g/mol. The van der Waals surface area contributed by atoms with Crippen LogP contribution in [0.15, 0.2) is 59.4 Å². The number of hydrogen-bond donors (Lipinski definition) is 1. The topological polar surface area (TPSA) is 49.3 Å². The van der Waals surface area contributed by atoms with Crippen molar-refractivity contribution in [2.24, 2.45) is 4.99 Å². The molecule has 0 aromatic heterocycles. The highest BCUT2D eigenvalue weighted by Gasteiger charge is 2.30. The number of rotatable bonds is 9. The van der Waals surface area contributed by atoms with E-state index < -0.39 is 11.7 Å². The zero-order valence-electron chi connectivity index (χ0n) is 18.3. The van der Waals surface area contributed by atoms with E-state index >= 15 is 0 Å². The van der Waals surface area contributed by atoms with E-state index in [2.05, 4.69) is 28.4 Å². The number of hydroxylamine groups is 1. The summed E-state index contributed by atoms with van der Waals surface area (Å²) in [5.74, 6) is 0.130. The van der Waals surface area contributed by atoms with Crippen LogP contribution in [-0.4, -0.2) is 45.1 Å². The van der Waals surface area contributed by atoms with Crippen LogP contribution < -0.4 is 15.1 Å². The van der Waals surface area contributed by atoms with Gasteiger partial charge in [0.1, 0.15) is 12.4 Å². The highest BCUT2D eigenvalue weighted by molar-refractivity contribution is 5.67. The van der Waals surface area contributed by atoms with Gasteiger partial charge in [-0.1, -0.05) is 6.07 Å². The van der Waals surface area contributed by atoms with Gasteiger partial charge < -0.3 is 14.5 Å². The summed E-state index contributed by atoms with van der Waals surface area (Å²) in [5, 5.41) is 0. The number of nitrogens with one attached hydrogen (secondary N) is 1. The third kappa shape index (κ3) is 6.16. The number of benzene rings is 2. The molecule has 2 aromatic rings. The molecule has 1 aliphatic heterocycles. The largest absolute Gasteiger partial charge is 0.487 e. The fourth-order valence-electron chi connectivity index (χ4n) is 3.21. The van der Waals surface area contributed by atoms with Crippen LogP contribution in [0, 0.1) is 0 Å². The third-order valence-electron chi connectivity index (χ3n) is 5.00. The minimum Gasteiger partial charge on any atom is -0.487 e. The molecule has 1 N–H and O–H groups in total. The molecule has 1 aliphatic rings. The van der Waals surface area contributed by atoms with Crippen LogP contribution in [0.4, 0.5) is 24.5 Å². The summed E-state index contributed by atoms with van der Waals surface area (Å²) in [6, 6.07) is 10.8. The van der Waals surface area contributed by atoms with E-state index in [1.807, 2.05) is 30.3 Å². The number of ether oxygens (including phenoxy) is 1. The first-order chi connectivity index (χ1) is 15.3. The van der Waals surface area contributed by atoms with Gasteiger partial charge in [0.25, 0.3) is 0 Å². The number of alkyl halides is 3. The number of aliphatic imine (C=N–C) groups is 1. The van der Waals surface area contributed by atoms with Crippen molar-refractivity contribution in [3.63, 3.8) is 0 Å². The van der Waals surface area contributed by atoms with Crippen molar-refractivity contribution in [1.29, 1.82) is 0 Å². The Morgan fingerprint density at radius 2 is 2.06 bits per heavy atom. The van der Waals surface area contributed by atoms with Gasteiger partial charge in [-0.2, -0.15) is 13.2 Å². The Labute approximate surface area is 185 Å². The van der Waals surface area contributed by atoms with Crippen molar-refractivity contribution in [2.45, 2.75) is 19.5 Å². The monoisotopic (exact) mass is 448 g/mol. The summed E-state index contributed by atoms with van der Waals surface area (Å²) in [7, 11) is 3.43. The normalized spacial score (nSPS) is 14.1. The van der Waals surface area contributed by atoms with Gasteiger partial charge in [-0.05, 0) is 55.3 Å². The number of nitrogens with zero attached hydrogens (tertiary/aromatic N) is 3. The molecule has 0 radical (unpaired) electrons. The molecule has 32 heavy (non-hydrogen) atoms. The molecule has 172 valence electrons. The quantitative estimate of drug-likeness (QED) is 0.341. The molecular formula is C23H27F3N4O2. The van der Waals surface area contributed by atoms with Gasteiger partial charge in [0.15, 0.2) is 0 Å². The molecule has 9 heteroatoms. The van der Waals surface area contributed by atoms with Gasteiger partial charge in [0.05, 0.1) is 30.4 Å². The van der Waals surface area contributed by atoms with Crippen LogP contribution >= 0.6 is 0 Å². The molecule has 0 saturated carbocycles. The van der Waals surface area contributed by atoms with Crippen molar-refractivity contribution in [2.75, 3.05) is 38.8 Å². The fraction of sp³-hybridized carbons (Fsp3) is 0.348. The third-order valence-corrected chi connectivity index (χ3v) is 5.00. The molecule has 0 saturated heterocycles. The Bertz CT molecular complexity index is 976. The summed E-state index contributed by atoms with van der Waals surface area (Å²) in [6.07, 6.45) is 0.0846. The molecular weight excluding hydrogens is 421 g/mol. The van der Waals surface area contributed by atoms with E-state index in [1.54, 1.807) is 6.34 Å². The van der Waals surface area contributed by atoms with Crippen LogP contribution in [0.3, 0.4) is 0 Å². The molecule has 6 nitrogen and oxygen atoms in total. The van der Waals surface area contributed by atoms with Crippen LogP contribution in [-0.2, 0) is 17.4 Å². The molecule has 0 spiro atoms. The number of fused-ring (bicyclic) bond motifs is 1. The van der Waals surface area contributed by atoms with Crippen molar-refractivity contribution in [3.05, 3.63) is 65.5 Å². The molecule has 0 aliphatic carbocycles. The maximum atomic E-state index is 12.9. The molecule has 2 aromatic carbocycles. The van der Waals surface area contributed by atoms with E-state index in [1.165, 1.54) is 24.8 Å². The Kier molecular flexibility index (Phi) is 7.63. The van der Waals surface area contributed by atoms with Crippen molar-refractivity contribution in [3.8, 4) is 5.75 Å². The predicted octanol–water partition coefficient (Wildman–Crippen LogP) is 4.75. The molecule has 1 heterocycles. The van der Waals surface area contributed by atoms with E-state index in [0.717, 1.165) is 43.0 Å². The average Bonchev–Trinajstić information content (AvgIpc) is 3.17. The van der Waals surface area contributed by atoms with E-state index in [-0.39, 0.29) is 12.4 Å². The number of anilines is 1. The molecule has 0 atom stereocenters. The van der Waals surface area contributed by atoms with Crippen LogP contribution in [0.5, 0.6) is 5.75 Å². The van der Waals surface area contributed by atoms with Crippen LogP contribution in [0.1, 0.15) is 18.1 Å².